The smallest absolute Gasteiger partial charge is 0.269 e. The van der Waals surface area contributed by atoms with Crippen molar-refractivity contribution in [3.63, 3.8) is 0 Å². The fourth-order valence-corrected chi connectivity index (χ4v) is 1.97. The normalized spacial score (nSPS) is 11.6. The molecule has 0 aromatic heterocycles. The summed E-state index contributed by atoms with van der Waals surface area (Å²) >= 11 is 0. The van der Waals surface area contributed by atoms with Gasteiger partial charge >= 0.3 is 0 Å². The Labute approximate surface area is 143 Å². The molecule has 0 unspecified atom stereocenters. The van der Waals surface area contributed by atoms with Gasteiger partial charge in [0, 0.05) is 38.9 Å². The number of hydrogen-bond acceptors (Lipinski definition) is 4. The largest absolute Gasteiger partial charge is 0.385 e. The minimum Gasteiger partial charge on any atom is -0.385 e. The number of rotatable bonds is 10. The number of non-ortho nitro benzene ring substituents is 1. The van der Waals surface area contributed by atoms with Gasteiger partial charge in [-0.1, -0.05) is 26.0 Å². The molecule has 1 aromatic carbocycles. The molecule has 0 atom stereocenters. The highest BCUT2D eigenvalue weighted by atomic mass is 16.6. The lowest BCUT2D eigenvalue weighted by Crippen LogP contribution is -2.39. The van der Waals surface area contributed by atoms with E-state index in [0.717, 1.165) is 37.5 Å². The zero-order valence-electron chi connectivity index (χ0n) is 14.7. The lowest BCUT2D eigenvalue weighted by molar-refractivity contribution is -0.384. The number of methoxy groups -OCH3 is 1. The molecule has 7 heteroatoms. The topological polar surface area (TPSA) is 88.8 Å². The Balaban J connectivity index is 2.58. The lowest BCUT2D eigenvalue weighted by atomic mass is 10.1. The second-order valence-corrected chi connectivity index (χ2v) is 5.97. The molecule has 0 amide bonds. The average molecular weight is 336 g/mol. The summed E-state index contributed by atoms with van der Waals surface area (Å²) in [5.74, 6) is 1.38. The molecule has 0 aliphatic carbocycles. The summed E-state index contributed by atoms with van der Waals surface area (Å²) in [6.07, 6.45) is 1.97. The van der Waals surface area contributed by atoms with Crippen LogP contribution in [-0.2, 0) is 11.3 Å². The molecule has 24 heavy (non-hydrogen) atoms. The van der Waals surface area contributed by atoms with Crippen molar-refractivity contribution in [1.82, 2.24) is 10.6 Å². The van der Waals surface area contributed by atoms with Crippen LogP contribution in [0.4, 0.5) is 5.69 Å². The molecular formula is C17H28N4O3. The molecule has 0 bridgehead atoms. The standard InChI is InChI=1S/C17H28N4O3/c1-14(2)9-11-19-17(18-10-4-12-24-3)20-13-15-5-7-16(8-6-15)21(22)23/h5-8,14H,4,9-13H2,1-3H3,(H2,18,19,20). The second kappa shape index (κ2) is 11.4. The van der Waals surface area contributed by atoms with Gasteiger partial charge < -0.3 is 15.4 Å². The van der Waals surface area contributed by atoms with Gasteiger partial charge in [0.15, 0.2) is 5.96 Å². The first-order chi connectivity index (χ1) is 11.5. The monoisotopic (exact) mass is 336 g/mol. The van der Waals surface area contributed by atoms with Crippen molar-refractivity contribution in [2.75, 3.05) is 26.8 Å². The van der Waals surface area contributed by atoms with Gasteiger partial charge in [-0.05, 0) is 24.3 Å². The van der Waals surface area contributed by atoms with Gasteiger partial charge in [-0.15, -0.1) is 0 Å². The van der Waals surface area contributed by atoms with Crippen LogP contribution in [0.15, 0.2) is 29.3 Å². The molecule has 0 saturated heterocycles. The molecule has 134 valence electrons. The summed E-state index contributed by atoms with van der Waals surface area (Å²) in [7, 11) is 1.68. The van der Waals surface area contributed by atoms with E-state index in [-0.39, 0.29) is 5.69 Å². The van der Waals surface area contributed by atoms with Crippen LogP contribution in [0.25, 0.3) is 0 Å². The minimum atomic E-state index is -0.399. The van der Waals surface area contributed by atoms with Crippen molar-refractivity contribution in [3.05, 3.63) is 39.9 Å². The molecule has 0 fully saturated rings. The molecule has 0 aliphatic rings. The van der Waals surface area contributed by atoms with E-state index in [9.17, 15) is 10.1 Å². The first-order valence-electron chi connectivity index (χ1n) is 8.27. The number of nitro benzene ring substituents is 1. The van der Waals surface area contributed by atoms with Gasteiger partial charge in [-0.3, -0.25) is 10.1 Å². The summed E-state index contributed by atoms with van der Waals surface area (Å²) in [6.45, 7) is 7.17. The number of nitro groups is 1. The maximum atomic E-state index is 10.7. The third kappa shape index (κ3) is 8.47. The van der Waals surface area contributed by atoms with Crippen LogP contribution in [0, 0.1) is 16.0 Å². The summed E-state index contributed by atoms with van der Waals surface area (Å²) in [5, 5.41) is 17.3. The van der Waals surface area contributed by atoms with Gasteiger partial charge in [0.2, 0.25) is 0 Å². The van der Waals surface area contributed by atoms with Crippen molar-refractivity contribution in [1.29, 1.82) is 0 Å². The summed E-state index contributed by atoms with van der Waals surface area (Å²) in [4.78, 5) is 14.8. The summed E-state index contributed by atoms with van der Waals surface area (Å²) in [6, 6.07) is 6.47. The molecule has 7 nitrogen and oxygen atoms in total. The predicted octanol–water partition coefficient (Wildman–Crippen LogP) is 2.71. The third-order valence-electron chi connectivity index (χ3n) is 3.40. The number of guanidine groups is 1. The van der Waals surface area contributed by atoms with Crippen molar-refractivity contribution >= 4 is 11.6 Å². The van der Waals surface area contributed by atoms with Gasteiger partial charge in [0.05, 0.1) is 11.5 Å². The fourth-order valence-electron chi connectivity index (χ4n) is 1.97. The number of nitrogens with one attached hydrogen (secondary N) is 2. The molecular weight excluding hydrogens is 308 g/mol. The summed E-state index contributed by atoms with van der Waals surface area (Å²) < 4.78 is 5.04. The Kier molecular flexibility index (Phi) is 9.45. The van der Waals surface area contributed by atoms with Crippen LogP contribution in [0.5, 0.6) is 0 Å². The molecule has 2 N–H and O–H groups in total. The fraction of sp³-hybridized carbons (Fsp3) is 0.588. The Bertz CT molecular complexity index is 515. The Hall–Kier alpha value is -2.15. The average Bonchev–Trinajstić information content (AvgIpc) is 2.56. The van der Waals surface area contributed by atoms with Crippen LogP contribution < -0.4 is 10.6 Å². The number of nitrogens with zero attached hydrogens (tertiary/aromatic N) is 2. The number of hydrogen-bond donors (Lipinski definition) is 2. The van der Waals surface area contributed by atoms with Gasteiger partial charge in [0.25, 0.3) is 5.69 Å². The van der Waals surface area contributed by atoms with Crippen LogP contribution in [0.3, 0.4) is 0 Å². The molecule has 0 saturated carbocycles. The Morgan fingerprint density at radius 2 is 1.92 bits per heavy atom. The van der Waals surface area contributed by atoms with Crippen LogP contribution >= 0.6 is 0 Å². The minimum absolute atomic E-state index is 0.0932. The van der Waals surface area contributed by atoms with Crippen LogP contribution in [-0.4, -0.2) is 37.7 Å². The molecule has 1 aromatic rings. The van der Waals surface area contributed by atoms with E-state index in [1.165, 1.54) is 12.1 Å². The predicted molar refractivity (Wildman–Crippen MR) is 96.2 cm³/mol. The third-order valence-corrected chi connectivity index (χ3v) is 3.40. The van der Waals surface area contributed by atoms with E-state index >= 15 is 0 Å². The lowest BCUT2D eigenvalue weighted by Gasteiger charge is -2.13. The van der Waals surface area contributed by atoms with E-state index in [0.29, 0.717) is 19.1 Å². The van der Waals surface area contributed by atoms with Gasteiger partial charge in [-0.2, -0.15) is 0 Å². The Morgan fingerprint density at radius 1 is 1.25 bits per heavy atom. The molecule has 0 aliphatic heterocycles. The van der Waals surface area contributed by atoms with E-state index in [2.05, 4.69) is 29.5 Å². The van der Waals surface area contributed by atoms with E-state index in [1.807, 2.05) is 0 Å². The van der Waals surface area contributed by atoms with E-state index in [4.69, 9.17) is 4.74 Å². The van der Waals surface area contributed by atoms with Crippen LogP contribution in [0.1, 0.15) is 32.3 Å². The van der Waals surface area contributed by atoms with Gasteiger partial charge in [0.1, 0.15) is 0 Å². The number of ether oxygens (including phenoxy) is 1. The second-order valence-electron chi connectivity index (χ2n) is 5.97. The first kappa shape index (κ1) is 19.9. The first-order valence-corrected chi connectivity index (χ1v) is 8.27. The molecule has 0 radical (unpaired) electrons. The van der Waals surface area contributed by atoms with E-state index < -0.39 is 4.92 Å². The number of benzene rings is 1. The molecule has 0 heterocycles. The van der Waals surface area contributed by atoms with Gasteiger partial charge in [-0.25, -0.2) is 4.99 Å². The maximum absolute atomic E-state index is 10.7. The highest BCUT2D eigenvalue weighted by Crippen LogP contribution is 2.12. The van der Waals surface area contributed by atoms with Crippen molar-refractivity contribution < 1.29 is 9.66 Å². The highest BCUT2D eigenvalue weighted by Gasteiger charge is 2.04. The van der Waals surface area contributed by atoms with Crippen molar-refractivity contribution in [3.8, 4) is 0 Å². The molecule has 1 rings (SSSR count). The summed E-state index contributed by atoms with van der Waals surface area (Å²) in [5.41, 5.74) is 1.03. The Morgan fingerprint density at radius 3 is 2.50 bits per heavy atom. The van der Waals surface area contributed by atoms with Crippen molar-refractivity contribution in [2.45, 2.75) is 33.2 Å². The van der Waals surface area contributed by atoms with Crippen molar-refractivity contribution in [2.24, 2.45) is 10.9 Å². The quantitative estimate of drug-likeness (QED) is 0.225. The zero-order valence-corrected chi connectivity index (χ0v) is 14.7. The van der Waals surface area contributed by atoms with Crippen LogP contribution in [0.2, 0.25) is 0 Å². The maximum Gasteiger partial charge on any atom is 0.269 e. The zero-order chi connectivity index (χ0) is 17.8. The van der Waals surface area contributed by atoms with E-state index in [1.54, 1.807) is 19.2 Å². The highest BCUT2D eigenvalue weighted by molar-refractivity contribution is 5.79. The SMILES string of the molecule is COCCCNC(=NCc1ccc([N+](=O)[O-])cc1)NCCC(C)C. The molecule has 0 spiro atoms. The number of aliphatic imine (C=N–C) groups is 1.